The number of nitrogens with zero attached hydrogens (tertiary/aromatic N) is 1. The van der Waals surface area contributed by atoms with Crippen LogP contribution < -0.4 is 11.1 Å². The lowest BCUT2D eigenvalue weighted by Crippen LogP contribution is -2.44. The van der Waals surface area contributed by atoms with Gasteiger partial charge in [0.15, 0.2) is 0 Å². The van der Waals surface area contributed by atoms with Gasteiger partial charge in [0.2, 0.25) is 5.91 Å². The molecule has 6 heteroatoms. The quantitative estimate of drug-likeness (QED) is 0.729. The Morgan fingerprint density at radius 3 is 2.82 bits per heavy atom. The summed E-state index contributed by atoms with van der Waals surface area (Å²) in [6.45, 7) is 1.25. The van der Waals surface area contributed by atoms with Gasteiger partial charge in [-0.05, 0) is 37.9 Å². The van der Waals surface area contributed by atoms with Gasteiger partial charge in [0.05, 0.1) is 17.8 Å². The average Bonchev–Trinajstić information content (AvgIpc) is 2.50. The van der Waals surface area contributed by atoms with Crippen molar-refractivity contribution in [2.75, 3.05) is 25.0 Å². The summed E-state index contributed by atoms with van der Waals surface area (Å²) in [6, 6.07) is 6.96. The number of aliphatic hydroxyl groups is 1. The van der Waals surface area contributed by atoms with E-state index in [2.05, 4.69) is 10.2 Å². The van der Waals surface area contributed by atoms with Crippen LogP contribution in [0.5, 0.6) is 0 Å². The lowest BCUT2D eigenvalue weighted by Gasteiger charge is -2.34. The first-order chi connectivity index (χ1) is 10.6. The van der Waals surface area contributed by atoms with E-state index in [0.29, 0.717) is 17.7 Å². The van der Waals surface area contributed by atoms with Crippen LogP contribution in [0.4, 0.5) is 5.69 Å². The van der Waals surface area contributed by atoms with Crippen LogP contribution >= 0.6 is 0 Å². The van der Waals surface area contributed by atoms with Gasteiger partial charge in [0.25, 0.3) is 5.91 Å². The summed E-state index contributed by atoms with van der Waals surface area (Å²) in [5.74, 6) is -0.731. The van der Waals surface area contributed by atoms with Gasteiger partial charge in [-0.15, -0.1) is 0 Å². The summed E-state index contributed by atoms with van der Waals surface area (Å²) in [4.78, 5) is 25.7. The molecule has 2 rings (SSSR count). The summed E-state index contributed by atoms with van der Waals surface area (Å²) < 4.78 is 0. The molecule has 1 saturated heterocycles. The Kier molecular flexibility index (Phi) is 5.91. The number of anilines is 1. The second-order valence-corrected chi connectivity index (χ2v) is 5.59. The molecule has 0 saturated carbocycles. The molecular weight excluding hydrogens is 282 g/mol. The first kappa shape index (κ1) is 16.5. The second kappa shape index (κ2) is 7.91. The molecule has 2 amide bonds. The number of nitrogens with two attached hydrogens (primary N) is 1. The molecule has 120 valence electrons. The fourth-order valence-corrected chi connectivity index (χ4v) is 2.93. The maximum absolute atomic E-state index is 12.2. The number of hydrogen-bond acceptors (Lipinski definition) is 4. The van der Waals surface area contributed by atoms with E-state index in [1.54, 1.807) is 24.3 Å². The van der Waals surface area contributed by atoms with Crippen molar-refractivity contribution in [2.24, 2.45) is 5.73 Å². The Hall–Kier alpha value is -1.92. The van der Waals surface area contributed by atoms with Gasteiger partial charge in [0.1, 0.15) is 0 Å². The summed E-state index contributed by atoms with van der Waals surface area (Å²) in [5, 5.41) is 11.9. The third kappa shape index (κ3) is 4.29. The van der Waals surface area contributed by atoms with Crippen LogP contribution in [-0.2, 0) is 4.79 Å². The van der Waals surface area contributed by atoms with Crippen molar-refractivity contribution in [1.29, 1.82) is 0 Å². The number of para-hydroxylation sites is 1. The zero-order chi connectivity index (χ0) is 15.9. The molecule has 6 nitrogen and oxygen atoms in total. The molecule has 1 fully saturated rings. The molecule has 1 atom stereocenters. The number of rotatable bonds is 6. The van der Waals surface area contributed by atoms with Gasteiger partial charge in [-0.2, -0.15) is 0 Å². The highest BCUT2D eigenvalue weighted by molar-refractivity contribution is 6.03. The molecule has 1 heterocycles. The molecule has 1 aromatic rings. The summed E-state index contributed by atoms with van der Waals surface area (Å²) in [6.07, 6.45) is 3.89. The fourth-order valence-electron chi connectivity index (χ4n) is 2.93. The van der Waals surface area contributed by atoms with Crippen molar-refractivity contribution >= 4 is 17.5 Å². The smallest absolute Gasteiger partial charge is 0.250 e. The molecule has 1 aliphatic rings. The summed E-state index contributed by atoms with van der Waals surface area (Å²) in [7, 11) is 0. The van der Waals surface area contributed by atoms with Gasteiger partial charge in [0, 0.05) is 12.6 Å². The third-order valence-corrected chi connectivity index (χ3v) is 4.02. The van der Waals surface area contributed by atoms with E-state index in [0.717, 1.165) is 25.8 Å². The number of hydrogen-bond donors (Lipinski definition) is 3. The van der Waals surface area contributed by atoms with Gasteiger partial charge in [-0.25, -0.2) is 0 Å². The standard InChI is InChI=1S/C16H23N3O3/c17-16(22)13-6-1-2-7-14(13)18-15(21)11-19-9-4-3-5-12(19)8-10-20/h1-2,6-7,12,20H,3-5,8-11H2,(H2,17,22)(H,18,21). The molecule has 1 aromatic carbocycles. The van der Waals surface area contributed by atoms with Crippen molar-refractivity contribution < 1.29 is 14.7 Å². The normalized spacial score (nSPS) is 18.9. The second-order valence-electron chi connectivity index (χ2n) is 5.59. The highest BCUT2D eigenvalue weighted by Gasteiger charge is 2.24. The Labute approximate surface area is 130 Å². The molecule has 0 spiro atoms. The minimum Gasteiger partial charge on any atom is -0.396 e. The number of piperidine rings is 1. The highest BCUT2D eigenvalue weighted by Crippen LogP contribution is 2.20. The van der Waals surface area contributed by atoms with Crippen LogP contribution in [0, 0.1) is 0 Å². The van der Waals surface area contributed by atoms with Gasteiger partial charge >= 0.3 is 0 Å². The Morgan fingerprint density at radius 1 is 1.32 bits per heavy atom. The number of amides is 2. The van der Waals surface area contributed by atoms with Crippen molar-refractivity contribution in [3.63, 3.8) is 0 Å². The minimum absolute atomic E-state index is 0.132. The highest BCUT2D eigenvalue weighted by atomic mass is 16.3. The number of likely N-dealkylation sites (tertiary alicyclic amines) is 1. The number of aliphatic hydroxyl groups excluding tert-OH is 1. The molecule has 0 bridgehead atoms. The van der Waals surface area contributed by atoms with Crippen molar-refractivity contribution in [3.8, 4) is 0 Å². The summed E-state index contributed by atoms with van der Waals surface area (Å²) in [5.41, 5.74) is 6.06. The average molecular weight is 305 g/mol. The van der Waals surface area contributed by atoms with Crippen LogP contribution in [-0.4, -0.2) is 47.6 Å². The number of benzene rings is 1. The SMILES string of the molecule is NC(=O)c1ccccc1NC(=O)CN1CCCCC1CCO. The zero-order valence-corrected chi connectivity index (χ0v) is 12.6. The molecule has 22 heavy (non-hydrogen) atoms. The monoisotopic (exact) mass is 305 g/mol. The number of carbonyl (C=O) groups excluding carboxylic acids is 2. The van der Waals surface area contributed by atoms with Crippen LogP contribution in [0.2, 0.25) is 0 Å². The van der Waals surface area contributed by atoms with E-state index in [-0.39, 0.29) is 25.1 Å². The van der Waals surface area contributed by atoms with Crippen molar-refractivity contribution in [3.05, 3.63) is 29.8 Å². The number of carbonyl (C=O) groups is 2. The van der Waals surface area contributed by atoms with Crippen molar-refractivity contribution in [2.45, 2.75) is 31.7 Å². The lowest BCUT2D eigenvalue weighted by molar-refractivity contribution is -0.118. The van der Waals surface area contributed by atoms with E-state index in [9.17, 15) is 9.59 Å². The van der Waals surface area contributed by atoms with E-state index >= 15 is 0 Å². The van der Waals surface area contributed by atoms with Crippen LogP contribution in [0.1, 0.15) is 36.0 Å². The van der Waals surface area contributed by atoms with E-state index < -0.39 is 5.91 Å². The molecule has 0 aromatic heterocycles. The topological polar surface area (TPSA) is 95.7 Å². The molecule has 0 radical (unpaired) electrons. The Balaban J connectivity index is 1.99. The fraction of sp³-hybridized carbons (Fsp3) is 0.500. The van der Waals surface area contributed by atoms with Crippen LogP contribution in [0.25, 0.3) is 0 Å². The first-order valence-electron chi connectivity index (χ1n) is 7.65. The van der Waals surface area contributed by atoms with Gasteiger partial charge in [-0.3, -0.25) is 14.5 Å². The minimum atomic E-state index is -0.563. The maximum Gasteiger partial charge on any atom is 0.250 e. The molecule has 1 aliphatic heterocycles. The summed E-state index contributed by atoms with van der Waals surface area (Å²) >= 11 is 0. The first-order valence-corrected chi connectivity index (χ1v) is 7.65. The van der Waals surface area contributed by atoms with E-state index in [1.165, 1.54) is 0 Å². The maximum atomic E-state index is 12.2. The van der Waals surface area contributed by atoms with E-state index in [4.69, 9.17) is 10.8 Å². The molecule has 1 unspecified atom stereocenters. The largest absolute Gasteiger partial charge is 0.396 e. The zero-order valence-electron chi connectivity index (χ0n) is 12.6. The van der Waals surface area contributed by atoms with Gasteiger partial charge < -0.3 is 16.2 Å². The predicted molar refractivity (Wildman–Crippen MR) is 84.5 cm³/mol. The molecule has 0 aliphatic carbocycles. The van der Waals surface area contributed by atoms with Gasteiger partial charge in [-0.1, -0.05) is 18.6 Å². The Morgan fingerprint density at radius 2 is 2.09 bits per heavy atom. The molecule has 4 N–H and O–H groups in total. The van der Waals surface area contributed by atoms with Crippen molar-refractivity contribution in [1.82, 2.24) is 4.90 Å². The molecular formula is C16H23N3O3. The van der Waals surface area contributed by atoms with Crippen LogP contribution in [0.15, 0.2) is 24.3 Å². The third-order valence-electron chi connectivity index (χ3n) is 4.02. The number of primary amides is 1. The predicted octanol–water partition coefficient (Wildman–Crippen LogP) is 0.961. The van der Waals surface area contributed by atoms with Crippen LogP contribution in [0.3, 0.4) is 0 Å². The van der Waals surface area contributed by atoms with E-state index in [1.807, 2.05) is 0 Å². The Bertz CT molecular complexity index is 531. The lowest BCUT2D eigenvalue weighted by atomic mass is 9.99. The number of nitrogens with one attached hydrogen (secondary N) is 1.